The lowest BCUT2D eigenvalue weighted by Gasteiger charge is -2.12. The summed E-state index contributed by atoms with van der Waals surface area (Å²) in [6.45, 7) is 2.59. The molecule has 0 fully saturated rings. The average molecular weight is 353 g/mol. The number of hydrogen-bond donors (Lipinski definition) is 2. The van der Waals surface area contributed by atoms with Gasteiger partial charge in [0.1, 0.15) is 17.1 Å². The lowest BCUT2D eigenvalue weighted by molar-refractivity contribution is 0.405. The number of fused-ring (bicyclic) bond motifs is 1. The maximum atomic E-state index is 6.00. The van der Waals surface area contributed by atoms with Gasteiger partial charge in [0, 0.05) is 31.4 Å². The van der Waals surface area contributed by atoms with E-state index in [1.807, 2.05) is 54.0 Å². The van der Waals surface area contributed by atoms with Crippen molar-refractivity contribution in [2.24, 2.45) is 10.7 Å². The Morgan fingerprint density at radius 2 is 2.12 bits per heavy atom. The second kappa shape index (κ2) is 7.77. The van der Waals surface area contributed by atoms with E-state index >= 15 is 0 Å². The van der Waals surface area contributed by atoms with Crippen molar-refractivity contribution in [3.05, 3.63) is 54.0 Å². The van der Waals surface area contributed by atoms with Crippen molar-refractivity contribution in [2.75, 3.05) is 26.1 Å². The first-order valence-corrected chi connectivity index (χ1v) is 8.33. The van der Waals surface area contributed by atoms with Gasteiger partial charge < -0.3 is 24.9 Å². The van der Waals surface area contributed by atoms with Crippen LogP contribution in [0.1, 0.15) is 11.3 Å². The van der Waals surface area contributed by atoms with Gasteiger partial charge in [0.2, 0.25) is 0 Å². The average Bonchev–Trinajstić information content (AvgIpc) is 3.06. The summed E-state index contributed by atoms with van der Waals surface area (Å²) in [5.41, 5.74) is 9.81. The molecule has 2 aromatic heterocycles. The van der Waals surface area contributed by atoms with Crippen LogP contribution in [0.15, 0.2) is 47.7 Å². The number of guanidine groups is 1. The molecule has 136 valence electrons. The Hall–Kier alpha value is -3.22. The van der Waals surface area contributed by atoms with Crippen LogP contribution in [0.5, 0.6) is 11.5 Å². The number of aliphatic imine (C=N–C) groups is 1. The van der Waals surface area contributed by atoms with Gasteiger partial charge in [-0.1, -0.05) is 6.07 Å². The summed E-state index contributed by atoms with van der Waals surface area (Å²) in [7, 11) is 3.21. The zero-order chi connectivity index (χ0) is 18.5. The van der Waals surface area contributed by atoms with Gasteiger partial charge in [-0.15, -0.1) is 0 Å². The Balaban J connectivity index is 1.66. The van der Waals surface area contributed by atoms with E-state index in [9.17, 15) is 0 Å². The van der Waals surface area contributed by atoms with Crippen molar-refractivity contribution in [3.8, 4) is 11.5 Å². The number of aryl methyl sites for hydroxylation is 1. The predicted molar refractivity (Wildman–Crippen MR) is 103 cm³/mol. The molecule has 0 amide bonds. The molecular weight excluding hydrogens is 330 g/mol. The molecule has 3 N–H and O–H groups in total. The van der Waals surface area contributed by atoms with Crippen molar-refractivity contribution in [1.82, 2.24) is 9.38 Å². The number of pyridine rings is 1. The molecule has 0 aliphatic rings. The molecule has 0 atom stereocenters. The summed E-state index contributed by atoms with van der Waals surface area (Å²) in [5.74, 6) is 1.69. The van der Waals surface area contributed by atoms with Gasteiger partial charge in [-0.05, 0) is 30.7 Å². The van der Waals surface area contributed by atoms with Gasteiger partial charge in [0.05, 0.1) is 25.6 Å². The molecule has 0 unspecified atom stereocenters. The van der Waals surface area contributed by atoms with Gasteiger partial charge in [0.25, 0.3) is 0 Å². The summed E-state index contributed by atoms with van der Waals surface area (Å²) in [4.78, 5) is 9.02. The lowest BCUT2D eigenvalue weighted by Crippen LogP contribution is -2.23. The molecule has 0 aliphatic carbocycles. The first-order valence-electron chi connectivity index (χ1n) is 8.33. The fourth-order valence-electron chi connectivity index (χ4n) is 2.71. The first kappa shape index (κ1) is 17.6. The minimum atomic E-state index is 0.316. The Kier molecular flexibility index (Phi) is 5.26. The SMILES string of the molecule is COc1ccc(OC)c(NC(N)=NCCc2cn3cccc(C)c3n2)c1. The standard InChI is InChI=1S/C19H23N5O2/c1-13-5-4-10-24-12-14(22-18(13)24)8-9-21-19(20)23-16-11-15(25-2)6-7-17(16)26-3/h4-7,10-12H,8-9H2,1-3H3,(H3,20,21,23). The molecule has 1 aromatic carbocycles. The summed E-state index contributed by atoms with van der Waals surface area (Å²) in [5, 5.41) is 3.06. The number of methoxy groups -OCH3 is 2. The largest absolute Gasteiger partial charge is 0.497 e. The van der Waals surface area contributed by atoms with E-state index in [-0.39, 0.29) is 0 Å². The van der Waals surface area contributed by atoms with Gasteiger partial charge in [-0.2, -0.15) is 0 Å². The number of ether oxygens (including phenoxy) is 2. The van der Waals surface area contributed by atoms with E-state index in [1.165, 1.54) is 0 Å². The minimum Gasteiger partial charge on any atom is -0.497 e. The van der Waals surface area contributed by atoms with Gasteiger partial charge in [-0.25, -0.2) is 4.98 Å². The monoisotopic (exact) mass is 353 g/mol. The second-order valence-corrected chi connectivity index (χ2v) is 5.86. The number of rotatable bonds is 6. The summed E-state index contributed by atoms with van der Waals surface area (Å²) in [6, 6.07) is 9.51. The van der Waals surface area contributed by atoms with Crippen LogP contribution in [0.3, 0.4) is 0 Å². The molecule has 0 saturated heterocycles. The highest BCUT2D eigenvalue weighted by atomic mass is 16.5. The zero-order valence-corrected chi connectivity index (χ0v) is 15.2. The Morgan fingerprint density at radius 1 is 1.27 bits per heavy atom. The van der Waals surface area contributed by atoms with Crippen LogP contribution in [0.2, 0.25) is 0 Å². The Bertz CT molecular complexity index is 933. The second-order valence-electron chi connectivity index (χ2n) is 5.86. The van der Waals surface area contributed by atoms with Crippen LogP contribution in [0.25, 0.3) is 5.65 Å². The number of nitrogens with two attached hydrogens (primary N) is 1. The Morgan fingerprint density at radius 3 is 2.85 bits per heavy atom. The molecule has 7 heteroatoms. The third-order valence-electron chi connectivity index (χ3n) is 4.05. The van der Waals surface area contributed by atoms with Crippen molar-refractivity contribution < 1.29 is 9.47 Å². The van der Waals surface area contributed by atoms with Crippen LogP contribution in [0, 0.1) is 6.92 Å². The van der Waals surface area contributed by atoms with E-state index in [0.717, 1.165) is 16.9 Å². The molecule has 26 heavy (non-hydrogen) atoms. The van der Waals surface area contributed by atoms with Crippen molar-refractivity contribution in [3.63, 3.8) is 0 Å². The number of hydrogen-bond acceptors (Lipinski definition) is 4. The van der Waals surface area contributed by atoms with Crippen LogP contribution >= 0.6 is 0 Å². The van der Waals surface area contributed by atoms with Crippen molar-refractivity contribution in [2.45, 2.75) is 13.3 Å². The maximum absolute atomic E-state index is 6.00. The smallest absolute Gasteiger partial charge is 0.193 e. The summed E-state index contributed by atoms with van der Waals surface area (Å²) in [6.07, 6.45) is 4.72. The van der Waals surface area contributed by atoms with E-state index in [1.54, 1.807) is 14.2 Å². The quantitative estimate of drug-likeness (QED) is 0.525. The molecule has 3 rings (SSSR count). The van der Waals surface area contributed by atoms with E-state index in [0.29, 0.717) is 36.1 Å². The third-order valence-corrected chi connectivity index (χ3v) is 4.05. The predicted octanol–water partition coefficient (Wildman–Crippen LogP) is 2.63. The van der Waals surface area contributed by atoms with E-state index < -0.39 is 0 Å². The number of anilines is 1. The molecular formula is C19H23N5O2. The fourth-order valence-corrected chi connectivity index (χ4v) is 2.71. The zero-order valence-electron chi connectivity index (χ0n) is 15.2. The molecule has 0 saturated carbocycles. The summed E-state index contributed by atoms with van der Waals surface area (Å²) < 4.78 is 12.6. The molecule has 0 bridgehead atoms. The maximum Gasteiger partial charge on any atom is 0.193 e. The number of aromatic nitrogens is 2. The van der Waals surface area contributed by atoms with Gasteiger partial charge in [-0.3, -0.25) is 4.99 Å². The Labute approximate surface area is 152 Å². The minimum absolute atomic E-state index is 0.316. The molecule has 0 radical (unpaired) electrons. The van der Waals surface area contributed by atoms with Gasteiger partial charge >= 0.3 is 0 Å². The van der Waals surface area contributed by atoms with Crippen LogP contribution < -0.4 is 20.5 Å². The fraction of sp³-hybridized carbons (Fsp3) is 0.263. The topological polar surface area (TPSA) is 86.2 Å². The summed E-state index contributed by atoms with van der Waals surface area (Å²) >= 11 is 0. The van der Waals surface area contributed by atoms with E-state index in [2.05, 4.69) is 15.3 Å². The highest BCUT2D eigenvalue weighted by molar-refractivity contribution is 5.94. The van der Waals surface area contributed by atoms with Crippen LogP contribution in [0.4, 0.5) is 5.69 Å². The molecule has 3 aromatic rings. The number of nitrogens with one attached hydrogen (secondary N) is 1. The normalized spacial score (nSPS) is 11.6. The van der Waals surface area contributed by atoms with Crippen LogP contribution in [-0.4, -0.2) is 36.1 Å². The third kappa shape index (κ3) is 3.88. The van der Waals surface area contributed by atoms with Crippen molar-refractivity contribution in [1.29, 1.82) is 0 Å². The highest BCUT2D eigenvalue weighted by Crippen LogP contribution is 2.28. The number of benzene rings is 1. The van der Waals surface area contributed by atoms with Gasteiger partial charge in [0.15, 0.2) is 5.96 Å². The molecule has 0 aliphatic heterocycles. The number of nitrogens with zero attached hydrogens (tertiary/aromatic N) is 3. The first-order chi connectivity index (χ1) is 12.6. The van der Waals surface area contributed by atoms with Crippen LogP contribution in [-0.2, 0) is 6.42 Å². The molecule has 7 nitrogen and oxygen atoms in total. The lowest BCUT2D eigenvalue weighted by atomic mass is 10.2. The van der Waals surface area contributed by atoms with Crippen molar-refractivity contribution >= 4 is 17.3 Å². The number of imidazole rings is 1. The highest BCUT2D eigenvalue weighted by Gasteiger charge is 2.07. The molecule has 2 heterocycles. The van der Waals surface area contributed by atoms with E-state index in [4.69, 9.17) is 15.2 Å². The molecule has 0 spiro atoms.